The smallest absolute Gasteiger partial charge is 0.163 e. The second kappa shape index (κ2) is 6.44. The number of ether oxygens (including phenoxy) is 1. The number of hydrogen-bond acceptors (Lipinski definition) is 2. The first-order valence-electron chi connectivity index (χ1n) is 6.67. The number of rotatable bonds is 6. The Labute approximate surface area is 114 Å². The molecule has 0 radical (unpaired) electrons. The highest BCUT2D eigenvalue weighted by Gasteiger charge is 2.33. The van der Waals surface area contributed by atoms with Gasteiger partial charge in [-0.3, -0.25) is 0 Å². The summed E-state index contributed by atoms with van der Waals surface area (Å²) in [5.74, 6) is -1.58. The first kappa shape index (κ1) is 16.1. The van der Waals surface area contributed by atoms with Crippen LogP contribution in [-0.4, -0.2) is 18.8 Å². The van der Waals surface area contributed by atoms with Crippen molar-refractivity contribution < 1.29 is 13.5 Å². The minimum atomic E-state index is -0.793. The van der Waals surface area contributed by atoms with E-state index in [2.05, 4.69) is 5.32 Å². The van der Waals surface area contributed by atoms with Crippen molar-refractivity contribution in [3.05, 3.63) is 34.9 Å². The number of likely N-dealkylation sites (N-methyl/N-ethyl adjacent to an activating group) is 1. The standard InChI is InChI=1S/C15H23F2NO/c1-6-18-14(15(4,5)19-7-2)11-9-8-10(3)12(16)13(11)17/h8-9,14,18H,6-7H2,1-5H3. The summed E-state index contributed by atoms with van der Waals surface area (Å²) < 4.78 is 33.5. The van der Waals surface area contributed by atoms with Crippen molar-refractivity contribution >= 4 is 0 Å². The summed E-state index contributed by atoms with van der Waals surface area (Å²) in [6.45, 7) is 10.3. The summed E-state index contributed by atoms with van der Waals surface area (Å²) in [5, 5.41) is 3.18. The van der Waals surface area contributed by atoms with E-state index in [1.807, 2.05) is 27.7 Å². The van der Waals surface area contributed by atoms with Gasteiger partial charge in [-0.2, -0.15) is 0 Å². The predicted molar refractivity (Wildman–Crippen MR) is 73.2 cm³/mol. The molecule has 2 nitrogen and oxygen atoms in total. The van der Waals surface area contributed by atoms with E-state index >= 15 is 0 Å². The maximum atomic E-state index is 14.1. The topological polar surface area (TPSA) is 21.3 Å². The van der Waals surface area contributed by atoms with Crippen molar-refractivity contribution in [2.24, 2.45) is 0 Å². The molecule has 1 atom stereocenters. The molecule has 1 aromatic carbocycles. The molecular weight excluding hydrogens is 248 g/mol. The van der Waals surface area contributed by atoms with E-state index in [-0.39, 0.29) is 0 Å². The monoisotopic (exact) mass is 271 g/mol. The summed E-state index contributed by atoms with van der Waals surface area (Å²) in [7, 11) is 0. The van der Waals surface area contributed by atoms with Crippen LogP contribution in [0.15, 0.2) is 12.1 Å². The van der Waals surface area contributed by atoms with Crippen molar-refractivity contribution in [3.8, 4) is 0 Å². The van der Waals surface area contributed by atoms with Gasteiger partial charge < -0.3 is 10.1 Å². The lowest BCUT2D eigenvalue weighted by Crippen LogP contribution is -2.42. The van der Waals surface area contributed by atoms with Gasteiger partial charge in [-0.05, 0) is 39.8 Å². The van der Waals surface area contributed by atoms with Crippen LogP contribution in [0.4, 0.5) is 8.78 Å². The van der Waals surface area contributed by atoms with Crippen molar-refractivity contribution in [2.45, 2.75) is 46.3 Å². The van der Waals surface area contributed by atoms with Gasteiger partial charge in [0, 0.05) is 12.2 Å². The van der Waals surface area contributed by atoms with Crippen LogP contribution in [0.5, 0.6) is 0 Å². The molecule has 0 aromatic heterocycles. The van der Waals surface area contributed by atoms with E-state index in [0.717, 1.165) is 0 Å². The van der Waals surface area contributed by atoms with Gasteiger partial charge in [0.2, 0.25) is 0 Å². The minimum absolute atomic E-state index is 0.309. The van der Waals surface area contributed by atoms with E-state index in [9.17, 15) is 8.78 Å². The van der Waals surface area contributed by atoms with E-state index in [4.69, 9.17) is 4.74 Å². The van der Waals surface area contributed by atoms with Crippen LogP contribution in [0.2, 0.25) is 0 Å². The molecule has 0 saturated carbocycles. The normalized spacial score (nSPS) is 13.6. The van der Waals surface area contributed by atoms with Crippen LogP contribution >= 0.6 is 0 Å². The highest BCUT2D eigenvalue weighted by Crippen LogP contribution is 2.32. The average Bonchev–Trinajstić information content (AvgIpc) is 2.34. The molecule has 0 spiro atoms. The van der Waals surface area contributed by atoms with Crippen LogP contribution < -0.4 is 5.32 Å². The second-order valence-electron chi connectivity index (χ2n) is 5.13. The van der Waals surface area contributed by atoms with Crippen molar-refractivity contribution in [1.29, 1.82) is 0 Å². The van der Waals surface area contributed by atoms with Crippen molar-refractivity contribution in [2.75, 3.05) is 13.2 Å². The Morgan fingerprint density at radius 2 is 1.84 bits per heavy atom. The quantitative estimate of drug-likeness (QED) is 0.851. The van der Waals surface area contributed by atoms with Gasteiger partial charge in [-0.25, -0.2) is 8.78 Å². The molecule has 0 aliphatic heterocycles. The van der Waals surface area contributed by atoms with Gasteiger partial charge in [-0.1, -0.05) is 19.1 Å². The van der Waals surface area contributed by atoms with Crippen LogP contribution in [0.3, 0.4) is 0 Å². The number of benzene rings is 1. The van der Waals surface area contributed by atoms with E-state index < -0.39 is 23.3 Å². The van der Waals surface area contributed by atoms with Gasteiger partial charge in [0.25, 0.3) is 0 Å². The molecule has 1 N–H and O–H groups in total. The second-order valence-corrected chi connectivity index (χ2v) is 5.13. The molecule has 19 heavy (non-hydrogen) atoms. The molecule has 0 bridgehead atoms. The summed E-state index contributed by atoms with van der Waals surface area (Å²) >= 11 is 0. The molecule has 0 saturated heterocycles. The Morgan fingerprint density at radius 1 is 1.21 bits per heavy atom. The number of hydrogen-bond donors (Lipinski definition) is 1. The Bertz CT molecular complexity index is 432. The fourth-order valence-corrected chi connectivity index (χ4v) is 2.27. The highest BCUT2D eigenvalue weighted by molar-refractivity contribution is 5.29. The van der Waals surface area contributed by atoms with E-state index in [1.165, 1.54) is 0 Å². The fraction of sp³-hybridized carbons (Fsp3) is 0.600. The zero-order valence-electron chi connectivity index (χ0n) is 12.3. The molecule has 0 amide bonds. The summed E-state index contributed by atoms with van der Waals surface area (Å²) in [6, 6.07) is 2.83. The first-order chi connectivity index (χ1) is 8.85. The largest absolute Gasteiger partial charge is 0.374 e. The van der Waals surface area contributed by atoms with E-state index in [0.29, 0.717) is 24.3 Å². The average molecular weight is 271 g/mol. The maximum absolute atomic E-state index is 14.1. The van der Waals surface area contributed by atoms with Crippen molar-refractivity contribution in [1.82, 2.24) is 5.32 Å². The number of nitrogens with one attached hydrogen (secondary N) is 1. The fourth-order valence-electron chi connectivity index (χ4n) is 2.27. The van der Waals surface area contributed by atoms with Crippen LogP contribution in [0.1, 0.15) is 44.9 Å². The van der Waals surface area contributed by atoms with Crippen LogP contribution in [0.25, 0.3) is 0 Å². The first-order valence-corrected chi connectivity index (χ1v) is 6.67. The zero-order chi connectivity index (χ0) is 14.6. The molecule has 1 unspecified atom stereocenters. The van der Waals surface area contributed by atoms with Crippen LogP contribution in [-0.2, 0) is 4.74 Å². The molecule has 0 fully saturated rings. The molecule has 0 aliphatic rings. The Morgan fingerprint density at radius 3 is 2.37 bits per heavy atom. The van der Waals surface area contributed by atoms with E-state index in [1.54, 1.807) is 19.1 Å². The molecule has 0 heterocycles. The summed E-state index contributed by atoms with van der Waals surface area (Å²) in [5.41, 5.74) is 0.00179. The SMILES string of the molecule is CCNC(c1ccc(C)c(F)c1F)C(C)(C)OCC. The summed E-state index contributed by atoms with van der Waals surface area (Å²) in [4.78, 5) is 0. The Kier molecular flexibility index (Phi) is 5.44. The number of aryl methyl sites for hydroxylation is 1. The number of halogens is 2. The van der Waals surface area contributed by atoms with Gasteiger partial charge in [0.1, 0.15) is 0 Å². The molecule has 4 heteroatoms. The van der Waals surface area contributed by atoms with Gasteiger partial charge in [0.05, 0.1) is 11.6 Å². The van der Waals surface area contributed by atoms with Gasteiger partial charge in [-0.15, -0.1) is 0 Å². The third-order valence-corrected chi connectivity index (χ3v) is 3.24. The summed E-state index contributed by atoms with van der Waals surface area (Å²) in [6.07, 6.45) is 0. The lowest BCUT2D eigenvalue weighted by molar-refractivity contribution is -0.0397. The zero-order valence-corrected chi connectivity index (χ0v) is 12.3. The molecule has 1 rings (SSSR count). The predicted octanol–water partition coefficient (Wildman–Crippen LogP) is 3.74. The minimum Gasteiger partial charge on any atom is -0.374 e. The van der Waals surface area contributed by atoms with Gasteiger partial charge in [0.15, 0.2) is 11.6 Å². The lowest BCUT2D eigenvalue weighted by Gasteiger charge is -2.35. The molecule has 108 valence electrons. The highest BCUT2D eigenvalue weighted by atomic mass is 19.2. The molecule has 0 aliphatic carbocycles. The van der Waals surface area contributed by atoms with Crippen molar-refractivity contribution in [3.63, 3.8) is 0 Å². The maximum Gasteiger partial charge on any atom is 0.163 e. The lowest BCUT2D eigenvalue weighted by atomic mass is 9.90. The third kappa shape index (κ3) is 3.51. The molecule has 1 aromatic rings. The Balaban J connectivity index is 3.23. The van der Waals surface area contributed by atoms with Crippen LogP contribution in [0, 0.1) is 18.6 Å². The third-order valence-electron chi connectivity index (χ3n) is 3.24. The molecular formula is C15H23F2NO. The Hall–Kier alpha value is -1.00. The van der Waals surface area contributed by atoms with Gasteiger partial charge >= 0.3 is 0 Å².